The van der Waals surface area contributed by atoms with Crippen LogP contribution in [0.3, 0.4) is 0 Å². The van der Waals surface area contributed by atoms with Gasteiger partial charge in [-0.15, -0.1) is 0 Å². The van der Waals surface area contributed by atoms with Crippen molar-refractivity contribution in [1.82, 2.24) is 4.31 Å². The monoisotopic (exact) mass is 388 g/mol. The predicted octanol–water partition coefficient (Wildman–Crippen LogP) is 0.999. The zero-order chi connectivity index (χ0) is 19.0. The van der Waals surface area contributed by atoms with Crippen LogP contribution in [0.2, 0.25) is 0 Å². The van der Waals surface area contributed by atoms with Crippen molar-refractivity contribution in [2.45, 2.75) is 33.2 Å². The Labute approximate surface area is 149 Å². The molecule has 1 aromatic rings. The number of hydrogen-bond donors (Lipinski definition) is 1. The van der Waals surface area contributed by atoms with Gasteiger partial charge < -0.3 is 5.32 Å². The summed E-state index contributed by atoms with van der Waals surface area (Å²) >= 11 is 0. The molecule has 1 amide bonds. The van der Waals surface area contributed by atoms with Crippen LogP contribution in [0.15, 0.2) is 12.1 Å². The summed E-state index contributed by atoms with van der Waals surface area (Å²) in [6, 6.07) is 3.17. The van der Waals surface area contributed by atoms with E-state index in [1.807, 2.05) is 32.9 Å². The number of carbonyl (C=O) groups excluding carboxylic acids is 1. The van der Waals surface area contributed by atoms with Crippen molar-refractivity contribution >= 4 is 31.5 Å². The van der Waals surface area contributed by atoms with Crippen molar-refractivity contribution in [3.8, 4) is 0 Å². The van der Waals surface area contributed by atoms with E-state index in [9.17, 15) is 21.6 Å². The summed E-state index contributed by atoms with van der Waals surface area (Å²) in [7, 11) is -6.96. The van der Waals surface area contributed by atoms with Crippen molar-refractivity contribution in [3.63, 3.8) is 0 Å². The first-order valence-electron chi connectivity index (χ1n) is 7.94. The van der Waals surface area contributed by atoms with Gasteiger partial charge in [0.2, 0.25) is 15.9 Å². The Morgan fingerprint density at radius 1 is 1.24 bits per heavy atom. The third-order valence-electron chi connectivity index (χ3n) is 4.28. The van der Waals surface area contributed by atoms with Crippen molar-refractivity contribution in [1.29, 1.82) is 0 Å². The zero-order valence-corrected chi connectivity index (χ0v) is 16.5. The number of benzene rings is 1. The molecular formula is C16H24N2O5S2. The Morgan fingerprint density at radius 3 is 2.24 bits per heavy atom. The SMILES string of the molecule is Cc1cc(C)c(NC(=O)CN(C2CCS(=O)(=O)C2)S(C)(=O)=O)c(C)c1. The molecule has 0 spiro atoms. The highest BCUT2D eigenvalue weighted by atomic mass is 32.2. The first-order chi connectivity index (χ1) is 11.4. The first-order valence-corrected chi connectivity index (χ1v) is 11.6. The van der Waals surface area contributed by atoms with E-state index in [4.69, 9.17) is 0 Å². The minimum absolute atomic E-state index is 0.0541. The Balaban J connectivity index is 2.19. The molecule has 0 bridgehead atoms. The number of amides is 1. The highest BCUT2D eigenvalue weighted by molar-refractivity contribution is 7.92. The van der Waals surface area contributed by atoms with E-state index in [0.717, 1.165) is 27.3 Å². The van der Waals surface area contributed by atoms with Gasteiger partial charge in [-0.2, -0.15) is 4.31 Å². The van der Waals surface area contributed by atoms with Gasteiger partial charge in [0.15, 0.2) is 9.84 Å². The molecule has 0 aromatic heterocycles. The summed E-state index contributed by atoms with van der Waals surface area (Å²) in [4.78, 5) is 12.4. The third-order valence-corrected chi connectivity index (χ3v) is 7.31. The van der Waals surface area contributed by atoms with E-state index in [-0.39, 0.29) is 17.9 Å². The predicted molar refractivity (Wildman–Crippen MR) is 97.9 cm³/mol. The molecule has 1 aromatic carbocycles. The minimum atomic E-state index is -3.70. The number of aryl methyl sites for hydroxylation is 3. The van der Waals surface area contributed by atoms with Crippen molar-refractivity contribution in [3.05, 3.63) is 28.8 Å². The van der Waals surface area contributed by atoms with Crippen molar-refractivity contribution < 1.29 is 21.6 Å². The first kappa shape index (κ1) is 19.9. The maximum atomic E-state index is 12.4. The van der Waals surface area contributed by atoms with Crippen LogP contribution in [-0.4, -0.2) is 57.4 Å². The van der Waals surface area contributed by atoms with Crippen LogP contribution in [0.1, 0.15) is 23.1 Å². The topological polar surface area (TPSA) is 101 Å². The van der Waals surface area contributed by atoms with Crippen LogP contribution in [0.25, 0.3) is 0 Å². The quantitative estimate of drug-likeness (QED) is 0.811. The number of sulfone groups is 1. The molecule has 1 aliphatic rings. The molecule has 2 rings (SSSR count). The molecule has 7 nitrogen and oxygen atoms in total. The second-order valence-electron chi connectivity index (χ2n) is 6.69. The maximum Gasteiger partial charge on any atom is 0.239 e. The molecular weight excluding hydrogens is 364 g/mol. The van der Waals surface area contributed by atoms with Gasteiger partial charge in [0, 0.05) is 11.7 Å². The van der Waals surface area contributed by atoms with Gasteiger partial charge >= 0.3 is 0 Å². The minimum Gasteiger partial charge on any atom is -0.324 e. The largest absolute Gasteiger partial charge is 0.324 e. The van der Waals surface area contributed by atoms with Crippen LogP contribution in [0, 0.1) is 20.8 Å². The van der Waals surface area contributed by atoms with E-state index in [1.165, 1.54) is 0 Å². The van der Waals surface area contributed by atoms with Gasteiger partial charge in [-0.3, -0.25) is 4.79 Å². The van der Waals surface area contributed by atoms with E-state index >= 15 is 0 Å². The Hall–Kier alpha value is -1.45. The Morgan fingerprint density at radius 2 is 1.80 bits per heavy atom. The van der Waals surface area contributed by atoms with E-state index < -0.39 is 38.4 Å². The van der Waals surface area contributed by atoms with Gasteiger partial charge in [-0.1, -0.05) is 17.7 Å². The van der Waals surface area contributed by atoms with Crippen LogP contribution in [-0.2, 0) is 24.7 Å². The molecule has 1 atom stereocenters. The maximum absolute atomic E-state index is 12.4. The van der Waals surface area contributed by atoms with Crippen LogP contribution in [0.5, 0.6) is 0 Å². The zero-order valence-electron chi connectivity index (χ0n) is 14.9. The van der Waals surface area contributed by atoms with Gasteiger partial charge in [-0.25, -0.2) is 16.8 Å². The molecule has 0 aliphatic carbocycles. The average Bonchev–Trinajstić information content (AvgIpc) is 2.78. The lowest BCUT2D eigenvalue weighted by molar-refractivity contribution is -0.116. The number of nitrogens with one attached hydrogen (secondary N) is 1. The van der Waals surface area contributed by atoms with E-state index in [0.29, 0.717) is 5.69 Å². The molecule has 1 aliphatic heterocycles. The van der Waals surface area contributed by atoms with Gasteiger partial charge in [-0.05, 0) is 38.3 Å². The number of sulfonamides is 1. The number of hydrogen-bond acceptors (Lipinski definition) is 5. The van der Waals surface area contributed by atoms with E-state index in [1.54, 1.807) is 0 Å². The molecule has 1 heterocycles. The summed E-state index contributed by atoms with van der Waals surface area (Å²) in [6.45, 7) is 5.30. The molecule has 1 unspecified atom stereocenters. The van der Waals surface area contributed by atoms with Gasteiger partial charge in [0.05, 0.1) is 24.3 Å². The fourth-order valence-corrected chi connectivity index (χ4v) is 6.12. The molecule has 1 fully saturated rings. The number of nitrogens with zero attached hydrogens (tertiary/aromatic N) is 1. The molecule has 0 saturated carbocycles. The molecule has 1 saturated heterocycles. The molecule has 9 heteroatoms. The lowest BCUT2D eigenvalue weighted by atomic mass is 10.1. The van der Waals surface area contributed by atoms with Crippen LogP contribution < -0.4 is 5.32 Å². The highest BCUT2D eigenvalue weighted by Crippen LogP contribution is 2.23. The third kappa shape index (κ3) is 5.02. The lowest BCUT2D eigenvalue weighted by Crippen LogP contribution is -2.45. The second-order valence-corrected chi connectivity index (χ2v) is 10.9. The molecule has 1 N–H and O–H groups in total. The van der Waals surface area contributed by atoms with Crippen molar-refractivity contribution in [2.75, 3.05) is 29.6 Å². The fourth-order valence-electron chi connectivity index (χ4n) is 3.22. The number of carbonyl (C=O) groups is 1. The van der Waals surface area contributed by atoms with E-state index in [2.05, 4.69) is 5.32 Å². The smallest absolute Gasteiger partial charge is 0.239 e. The Kier molecular flexibility index (Phi) is 5.60. The number of anilines is 1. The Bertz CT molecular complexity index is 868. The normalized spacial score (nSPS) is 20.0. The highest BCUT2D eigenvalue weighted by Gasteiger charge is 2.37. The average molecular weight is 389 g/mol. The molecule has 25 heavy (non-hydrogen) atoms. The lowest BCUT2D eigenvalue weighted by Gasteiger charge is -2.25. The van der Waals surface area contributed by atoms with Gasteiger partial charge in [0.25, 0.3) is 0 Å². The van der Waals surface area contributed by atoms with Crippen LogP contribution >= 0.6 is 0 Å². The number of rotatable bonds is 5. The summed E-state index contributed by atoms with van der Waals surface area (Å²) in [6.07, 6.45) is 1.21. The second kappa shape index (κ2) is 7.05. The summed E-state index contributed by atoms with van der Waals surface area (Å²) < 4.78 is 48.4. The summed E-state index contributed by atoms with van der Waals surface area (Å²) in [5.74, 6) is -0.776. The fraction of sp³-hybridized carbons (Fsp3) is 0.562. The van der Waals surface area contributed by atoms with Gasteiger partial charge in [0.1, 0.15) is 0 Å². The standard InChI is InChI=1S/C16H24N2O5S2/c1-11-7-12(2)16(13(3)8-11)17-15(19)9-18(24(4,20)21)14-5-6-25(22,23)10-14/h7-8,14H,5-6,9-10H2,1-4H3,(H,17,19). The van der Waals surface area contributed by atoms with Crippen LogP contribution in [0.4, 0.5) is 5.69 Å². The summed E-state index contributed by atoms with van der Waals surface area (Å²) in [5.41, 5.74) is 3.51. The van der Waals surface area contributed by atoms with Crippen molar-refractivity contribution in [2.24, 2.45) is 0 Å². The summed E-state index contributed by atoms with van der Waals surface area (Å²) in [5, 5.41) is 2.76. The molecule has 140 valence electrons. The molecule has 0 radical (unpaired) electrons.